The van der Waals surface area contributed by atoms with Crippen LogP contribution in [0.4, 0.5) is 4.39 Å². The van der Waals surface area contributed by atoms with E-state index in [4.69, 9.17) is 0 Å². The van der Waals surface area contributed by atoms with Crippen molar-refractivity contribution in [3.63, 3.8) is 0 Å². The summed E-state index contributed by atoms with van der Waals surface area (Å²) in [5.41, 5.74) is 0.772. The van der Waals surface area contributed by atoms with Gasteiger partial charge in [-0.2, -0.15) is 10.2 Å². The highest BCUT2D eigenvalue weighted by Gasteiger charge is 2.28. The van der Waals surface area contributed by atoms with Gasteiger partial charge in [0.1, 0.15) is 5.82 Å². The van der Waals surface area contributed by atoms with E-state index in [0.717, 1.165) is 24.8 Å². The summed E-state index contributed by atoms with van der Waals surface area (Å²) >= 11 is 0. The third-order valence-corrected chi connectivity index (χ3v) is 3.13. The first-order chi connectivity index (χ1) is 7.83. The molecule has 0 fully saturated rings. The Balaban J connectivity index is 2.12. The molecule has 0 radical (unpaired) electrons. The van der Waals surface area contributed by atoms with Crippen molar-refractivity contribution in [2.75, 3.05) is 6.54 Å². The van der Waals surface area contributed by atoms with Crippen LogP contribution in [-0.2, 0) is 0 Å². The van der Waals surface area contributed by atoms with E-state index in [2.05, 4.69) is 17.2 Å². The average Bonchev–Trinajstić information content (AvgIpc) is 2.75. The molecule has 1 aliphatic rings. The molecule has 0 saturated carbocycles. The number of unbranched alkanes of at least 4 members (excludes halogenated alkanes) is 1. The van der Waals surface area contributed by atoms with E-state index in [1.807, 2.05) is 12.1 Å². The molecule has 0 spiro atoms. The van der Waals surface area contributed by atoms with Crippen LogP contribution in [0.1, 0.15) is 37.7 Å². The fourth-order valence-electron chi connectivity index (χ4n) is 2.20. The first-order valence-corrected chi connectivity index (χ1v) is 5.94. The van der Waals surface area contributed by atoms with Crippen molar-refractivity contribution in [3.8, 4) is 0 Å². The normalized spacial score (nSPS) is 23.9. The SMILES string of the molecule is CCCCC1N=NCC1c1ccccc1F. The van der Waals surface area contributed by atoms with Crippen molar-refractivity contribution in [2.45, 2.75) is 38.1 Å². The molecule has 1 aromatic carbocycles. The molecule has 86 valence electrons. The highest BCUT2D eigenvalue weighted by Crippen LogP contribution is 2.32. The van der Waals surface area contributed by atoms with E-state index in [0.29, 0.717) is 6.54 Å². The minimum Gasteiger partial charge on any atom is -0.207 e. The monoisotopic (exact) mass is 220 g/mol. The Bertz CT molecular complexity index is 376. The van der Waals surface area contributed by atoms with Gasteiger partial charge in [-0.25, -0.2) is 4.39 Å². The lowest BCUT2D eigenvalue weighted by Gasteiger charge is -2.16. The molecular formula is C13H17FN2. The molecule has 0 saturated heterocycles. The summed E-state index contributed by atoms with van der Waals surface area (Å²) in [5, 5.41) is 8.31. The molecule has 1 aliphatic heterocycles. The molecule has 0 bridgehead atoms. The molecule has 0 amide bonds. The van der Waals surface area contributed by atoms with Crippen LogP contribution in [0.15, 0.2) is 34.5 Å². The molecule has 2 atom stereocenters. The Morgan fingerprint density at radius 3 is 2.94 bits per heavy atom. The molecule has 2 unspecified atom stereocenters. The van der Waals surface area contributed by atoms with E-state index in [1.54, 1.807) is 6.07 Å². The van der Waals surface area contributed by atoms with Crippen LogP contribution < -0.4 is 0 Å². The van der Waals surface area contributed by atoms with E-state index < -0.39 is 0 Å². The first kappa shape index (κ1) is 11.2. The van der Waals surface area contributed by atoms with Crippen molar-refractivity contribution in [2.24, 2.45) is 10.2 Å². The Kier molecular flexibility index (Phi) is 3.65. The van der Waals surface area contributed by atoms with Crippen LogP contribution in [0.2, 0.25) is 0 Å². The highest BCUT2D eigenvalue weighted by atomic mass is 19.1. The summed E-state index contributed by atoms with van der Waals surface area (Å²) in [6.07, 6.45) is 3.30. The molecule has 0 aliphatic carbocycles. The van der Waals surface area contributed by atoms with E-state index in [-0.39, 0.29) is 17.8 Å². The average molecular weight is 220 g/mol. The number of hydrogen-bond acceptors (Lipinski definition) is 2. The van der Waals surface area contributed by atoms with Gasteiger partial charge in [0.25, 0.3) is 0 Å². The van der Waals surface area contributed by atoms with Gasteiger partial charge in [-0.3, -0.25) is 0 Å². The van der Waals surface area contributed by atoms with Crippen LogP contribution >= 0.6 is 0 Å². The maximum Gasteiger partial charge on any atom is 0.126 e. The molecule has 0 aromatic heterocycles. The molecule has 3 heteroatoms. The standard InChI is InChI=1S/C13H17FN2/c1-2-3-8-13-11(9-15-16-13)10-6-4-5-7-12(10)14/h4-7,11,13H,2-3,8-9H2,1H3. The number of benzene rings is 1. The predicted octanol–water partition coefficient (Wildman–Crippen LogP) is 3.93. The lowest BCUT2D eigenvalue weighted by atomic mass is 9.89. The van der Waals surface area contributed by atoms with E-state index >= 15 is 0 Å². The maximum atomic E-state index is 13.7. The van der Waals surface area contributed by atoms with Gasteiger partial charge in [-0.1, -0.05) is 38.0 Å². The quantitative estimate of drug-likeness (QED) is 0.734. The molecule has 2 nitrogen and oxygen atoms in total. The Morgan fingerprint density at radius 2 is 2.19 bits per heavy atom. The third kappa shape index (κ3) is 2.29. The third-order valence-electron chi connectivity index (χ3n) is 3.13. The summed E-state index contributed by atoms with van der Waals surface area (Å²) in [6, 6.07) is 7.16. The largest absolute Gasteiger partial charge is 0.207 e. The van der Waals surface area contributed by atoms with Crippen molar-refractivity contribution in [1.29, 1.82) is 0 Å². The predicted molar refractivity (Wildman–Crippen MR) is 62.2 cm³/mol. The zero-order valence-electron chi connectivity index (χ0n) is 9.56. The lowest BCUT2D eigenvalue weighted by molar-refractivity contribution is 0.507. The van der Waals surface area contributed by atoms with Crippen LogP contribution in [-0.4, -0.2) is 12.6 Å². The summed E-state index contributed by atoms with van der Waals surface area (Å²) in [6.45, 7) is 2.79. The van der Waals surface area contributed by atoms with Crippen LogP contribution in [0.3, 0.4) is 0 Å². The summed E-state index contributed by atoms with van der Waals surface area (Å²) in [5.74, 6) is 0.0223. The maximum absolute atomic E-state index is 13.7. The second kappa shape index (κ2) is 5.19. The Labute approximate surface area is 95.6 Å². The van der Waals surface area contributed by atoms with Crippen LogP contribution in [0.25, 0.3) is 0 Å². The van der Waals surface area contributed by atoms with Crippen LogP contribution in [0.5, 0.6) is 0 Å². The molecule has 1 aromatic rings. The molecule has 0 N–H and O–H groups in total. The number of hydrogen-bond donors (Lipinski definition) is 0. The molecular weight excluding hydrogens is 203 g/mol. The van der Waals surface area contributed by atoms with Crippen molar-refractivity contribution < 1.29 is 4.39 Å². The highest BCUT2D eigenvalue weighted by molar-refractivity contribution is 5.24. The molecule has 2 rings (SSSR count). The van der Waals surface area contributed by atoms with Gasteiger partial charge in [0.05, 0.1) is 12.6 Å². The van der Waals surface area contributed by atoms with Gasteiger partial charge in [0.15, 0.2) is 0 Å². The number of azo groups is 1. The fraction of sp³-hybridized carbons (Fsp3) is 0.538. The second-order valence-corrected chi connectivity index (χ2v) is 4.28. The van der Waals surface area contributed by atoms with Crippen LogP contribution in [0, 0.1) is 5.82 Å². The van der Waals surface area contributed by atoms with Gasteiger partial charge in [0.2, 0.25) is 0 Å². The van der Waals surface area contributed by atoms with Gasteiger partial charge in [-0.05, 0) is 18.1 Å². The molecule has 16 heavy (non-hydrogen) atoms. The van der Waals surface area contributed by atoms with Gasteiger partial charge < -0.3 is 0 Å². The zero-order chi connectivity index (χ0) is 11.4. The van der Waals surface area contributed by atoms with E-state index in [9.17, 15) is 4.39 Å². The first-order valence-electron chi connectivity index (χ1n) is 5.94. The van der Waals surface area contributed by atoms with Crippen molar-refractivity contribution >= 4 is 0 Å². The number of nitrogens with zero attached hydrogens (tertiary/aromatic N) is 2. The summed E-state index contributed by atoms with van der Waals surface area (Å²) < 4.78 is 13.7. The smallest absolute Gasteiger partial charge is 0.126 e. The van der Waals surface area contributed by atoms with Gasteiger partial charge >= 0.3 is 0 Å². The van der Waals surface area contributed by atoms with Gasteiger partial charge in [-0.15, -0.1) is 0 Å². The topological polar surface area (TPSA) is 24.7 Å². The Morgan fingerprint density at radius 1 is 1.38 bits per heavy atom. The second-order valence-electron chi connectivity index (χ2n) is 4.28. The molecule has 1 heterocycles. The summed E-state index contributed by atoms with van der Waals surface area (Å²) in [4.78, 5) is 0. The lowest BCUT2D eigenvalue weighted by Crippen LogP contribution is -2.15. The minimum atomic E-state index is -0.124. The number of rotatable bonds is 4. The Hall–Kier alpha value is -1.25. The van der Waals surface area contributed by atoms with E-state index in [1.165, 1.54) is 6.07 Å². The number of halogens is 1. The van der Waals surface area contributed by atoms with Gasteiger partial charge in [0, 0.05) is 5.92 Å². The van der Waals surface area contributed by atoms with Crippen molar-refractivity contribution in [3.05, 3.63) is 35.6 Å². The zero-order valence-corrected chi connectivity index (χ0v) is 9.56. The summed E-state index contributed by atoms with van der Waals surface area (Å²) in [7, 11) is 0. The minimum absolute atomic E-state index is 0.124. The van der Waals surface area contributed by atoms with Crippen molar-refractivity contribution in [1.82, 2.24) is 0 Å². The fourth-order valence-corrected chi connectivity index (χ4v) is 2.20.